The second kappa shape index (κ2) is 12.5. The molecule has 0 heterocycles. The van der Waals surface area contributed by atoms with Crippen LogP contribution in [-0.4, -0.2) is 51.6 Å². The average Bonchev–Trinajstić information content (AvgIpc) is 2.46. The first-order valence-electron chi connectivity index (χ1n) is 7.12. The van der Waals surface area contributed by atoms with Gasteiger partial charge in [-0.25, -0.2) is 9.59 Å². The second-order valence-electron chi connectivity index (χ2n) is 4.36. The summed E-state index contributed by atoms with van der Waals surface area (Å²) in [6.07, 6.45) is 1.48. The third-order valence-corrected chi connectivity index (χ3v) is 2.56. The highest BCUT2D eigenvalue weighted by Gasteiger charge is 2.11. The quantitative estimate of drug-likeness (QED) is 0.563. The maximum atomic E-state index is 11.3. The lowest BCUT2D eigenvalue weighted by molar-refractivity contribution is 0.116. The molecule has 20 heavy (non-hydrogen) atoms. The Bertz CT molecular complexity index is 274. The smallest absolute Gasteiger partial charge is 0.407 e. The van der Waals surface area contributed by atoms with Gasteiger partial charge in [0.1, 0.15) is 6.61 Å². The molecule has 7 heteroatoms. The van der Waals surface area contributed by atoms with Crippen LogP contribution in [0.25, 0.3) is 0 Å². The summed E-state index contributed by atoms with van der Waals surface area (Å²) in [7, 11) is 1.77. The van der Waals surface area contributed by atoms with Crippen molar-refractivity contribution < 1.29 is 19.1 Å². The summed E-state index contributed by atoms with van der Waals surface area (Å²) >= 11 is 0. The van der Waals surface area contributed by atoms with E-state index in [9.17, 15) is 9.59 Å². The Hall–Kier alpha value is -1.50. The van der Waals surface area contributed by atoms with Crippen molar-refractivity contribution in [3.63, 3.8) is 0 Å². The van der Waals surface area contributed by atoms with Crippen molar-refractivity contribution in [3.05, 3.63) is 0 Å². The molecule has 0 rings (SSSR count). The van der Waals surface area contributed by atoms with Gasteiger partial charge in [-0.3, -0.25) is 0 Å². The minimum atomic E-state index is -0.422. The van der Waals surface area contributed by atoms with Crippen molar-refractivity contribution in [2.45, 2.75) is 39.2 Å². The highest BCUT2D eigenvalue weighted by atomic mass is 16.6. The summed E-state index contributed by atoms with van der Waals surface area (Å²) in [5.41, 5.74) is 0. The molecule has 0 unspecified atom stereocenters. The molecule has 118 valence electrons. The van der Waals surface area contributed by atoms with Gasteiger partial charge < -0.3 is 25.4 Å². The molecule has 0 aliphatic rings. The standard InChI is InChI=1S/C13H27N3O4/c1-4-7-15-12(17)19-9-6-11(14-3)10-20-13(18)16-8-5-2/h11,14H,4-10H2,1-3H3,(H,15,17)(H,16,18)/t11-/m0/s1. The van der Waals surface area contributed by atoms with E-state index in [-0.39, 0.29) is 19.3 Å². The SMILES string of the molecule is CCCNC(=O)OCC[C@@H](COC(=O)NCCC)NC. The Morgan fingerprint density at radius 3 is 2.05 bits per heavy atom. The highest BCUT2D eigenvalue weighted by molar-refractivity contribution is 5.67. The molecule has 2 amide bonds. The number of hydrogen-bond donors (Lipinski definition) is 3. The van der Waals surface area contributed by atoms with Crippen molar-refractivity contribution >= 4 is 12.2 Å². The molecule has 0 saturated heterocycles. The molecule has 0 spiro atoms. The monoisotopic (exact) mass is 289 g/mol. The van der Waals surface area contributed by atoms with Crippen LogP contribution >= 0.6 is 0 Å². The average molecular weight is 289 g/mol. The number of amides is 2. The highest BCUT2D eigenvalue weighted by Crippen LogP contribution is 1.95. The molecule has 1 atom stereocenters. The molecule has 0 bridgehead atoms. The molecule has 0 fully saturated rings. The van der Waals surface area contributed by atoms with Gasteiger partial charge in [0.15, 0.2) is 0 Å². The van der Waals surface area contributed by atoms with E-state index in [0.29, 0.717) is 19.5 Å². The number of hydrogen-bond acceptors (Lipinski definition) is 5. The Kier molecular flexibility index (Phi) is 11.6. The van der Waals surface area contributed by atoms with Gasteiger partial charge in [-0.15, -0.1) is 0 Å². The number of nitrogens with one attached hydrogen (secondary N) is 3. The van der Waals surface area contributed by atoms with Gasteiger partial charge in [0.05, 0.1) is 6.61 Å². The largest absolute Gasteiger partial charge is 0.449 e. The molecule has 0 aliphatic heterocycles. The lowest BCUT2D eigenvalue weighted by Crippen LogP contribution is -2.36. The molecule has 0 aliphatic carbocycles. The fraction of sp³-hybridized carbons (Fsp3) is 0.846. The van der Waals surface area contributed by atoms with E-state index in [1.54, 1.807) is 7.05 Å². The van der Waals surface area contributed by atoms with Crippen molar-refractivity contribution in [3.8, 4) is 0 Å². The van der Waals surface area contributed by atoms with Crippen LogP contribution < -0.4 is 16.0 Å². The number of rotatable bonds is 10. The fourth-order valence-corrected chi connectivity index (χ4v) is 1.34. The maximum Gasteiger partial charge on any atom is 0.407 e. The zero-order chi connectivity index (χ0) is 15.2. The predicted octanol–water partition coefficient (Wildman–Crippen LogP) is 1.24. The normalized spacial score (nSPS) is 11.6. The number of carbonyl (C=O) groups excluding carboxylic acids is 2. The summed E-state index contributed by atoms with van der Waals surface area (Å²) in [5.74, 6) is 0. The molecule has 0 radical (unpaired) electrons. The van der Waals surface area contributed by atoms with E-state index in [1.807, 2.05) is 13.8 Å². The minimum Gasteiger partial charge on any atom is -0.449 e. The Balaban J connectivity index is 3.70. The zero-order valence-corrected chi connectivity index (χ0v) is 12.7. The van der Waals surface area contributed by atoms with Crippen LogP contribution in [-0.2, 0) is 9.47 Å². The van der Waals surface area contributed by atoms with Crippen LogP contribution in [0.15, 0.2) is 0 Å². The third-order valence-electron chi connectivity index (χ3n) is 2.56. The van der Waals surface area contributed by atoms with E-state index in [0.717, 1.165) is 12.8 Å². The van der Waals surface area contributed by atoms with E-state index in [2.05, 4.69) is 16.0 Å². The van der Waals surface area contributed by atoms with Gasteiger partial charge in [-0.05, 0) is 19.9 Å². The number of ether oxygens (including phenoxy) is 2. The van der Waals surface area contributed by atoms with Gasteiger partial charge in [0, 0.05) is 25.6 Å². The predicted molar refractivity (Wildman–Crippen MR) is 76.7 cm³/mol. The number of alkyl carbamates (subject to hydrolysis) is 2. The molecule has 0 aromatic rings. The lowest BCUT2D eigenvalue weighted by atomic mass is 10.2. The Morgan fingerprint density at radius 2 is 1.55 bits per heavy atom. The lowest BCUT2D eigenvalue weighted by Gasteiger charge is -2.16. The van der Waals surface area contributed by atoms with Gasteiger partial charge in [-0.2, -0.15) is 0 Å². The van der Waals surface area contributed by atoms with Crippen LogP contribution in [0.1, 0.15) is 33.1 Å². The van der Waals surface area contributed by atoms with Gasteiger partial charge in [-0.1, -0.05) is 13.8 Å². The number of likely N-dealkylation sites (N-methyl/N-ethyl adjacent to an activating group) is 1. The van der Waals surface area contributed by atoms with E-state index < -0.39 is 12.2 Å². The van der Waals surface area contributed by atoms with Crippen LogP contribution in [0.4, 0.5) is 9.59 Å². The molecule has 0 saturated carbocycles. The second-order valence-corrected chi connectivity index (χ2v) is 4.36. The van der Waals surface area contributed by atoms with Crippen LogP contribution in [0, 0.1) is 0 Å². The first-order chi connectivity index (χ1) is 9.63. The van der Waals surface area contributed by atoms with Gasteiger partial charge in [0.25, 0.3) is 0 Å². The summed E-state index contributed by atoms with van der Waals surface area (Å²) in [4.78, 5) is 22.5. The van der Waals surface area contributed by atoms with E-state index in [1.165, 1.54) is 0 Å². The summed E-state index contributed by atoms with van der Waals surface area (Å²) < 4.78 is 10.1. The van der Waals surface area contributed by atoms with Crippen LogP contribution in [0.2, 0.25) is 0 Å². The zero-order valence-electron chi connectivity index (χ0n) is 12.7. The minimum absolute atomic E-state index is 0.0404. The number of carbonyl (C=O) groups is 2. The molecule has 3 N–H and O–H groups in total. The Morgan fingerprint density at radius 1 is 1.00 bits per heavy atom. The topological polar surface area (TPSA) is 88.7 Å². The molecule has 0 aromatic carbocycles. The molecular weight excluding hydrogens is 262 g/mol. The molecular formula is C13H27N3O4. The van der Waals surface area contributed by atoms with Gasteiger partial charge >= 0.3 is 12.2 Å². The molecule has 7 nitrogen and oxygen atoms in total. The summed E-state index contributed by atoms with van der Waals surface area (Å²) in [6, 6.07) is -0.0404. The van der Waals surface area contributed by atoms with Gasteiger partial charge in [0.2, 0.25) is 0 Å². The van der Waals surface area contributed by atoms with Crippen molar-refractivity contribution in [2.24, 2.45) is 0 Å². The van der Waals surface area contributed by atoms with Crippen molar-refractivity contribution in [2.75, 3.05) is 33.4 Å². The summed E-state index contributed by atoms with van der Waals surface area (Å²) in [6.45, 7) is 5.67. The Labute approximate surface area is 120 Å². The van der Waals surface area contributed by atoms with Crippen LogP contribution in [0.5, 0.6) is 0 Å². The van der Waals surface area contributed by atoms with E-state index in [4.69, 9.17) is 9.47 Å². The molecule has 0 aromatic heterocycles. The first kappa shape index (κ1) is 18.5. The van der Waals surface area contributed by atoms with Crippen molar-refractivity contribution in [1.82, 2.24) is 16.0 Å². The van der Waals surface area contributed by atoms with Crippen molar-refractivity contribution in [1.29, 1.82) is 0 Å². The fourth-order valence-electron chi connectivity index (χ4n) is 1.34. The first-order valence-corrected chi connectivity index (χ1v) is 7.12. The summed E-state index contributed by atoms with van der Waals surface area (Å²) in [5, 5.41) is 8.26. The van der Waals surface area contributed by atoms with Crippen LogP contribution in [0.3, 0.4) is 0 Å². The van der Waals surface area contributed by atoms with E-state index >= 15 is 0 Å². The third kappa shape index (κ3) is 10.4. The maximum absolute atomic E-state index is 11.3.